The molecule has 0 spiro atoms. The molecule has 0 saturated heterocycles. The zero-order chi connectivity index (χ0) is 50.2. The third-order valence-electron chi connectivity index (χ3n) is 15.8. The van der Waals surface area contributed by atoms with Gasteiger partial charge in [-0.2, -0.15) is 0 Å². The minimum absolute atomic E-state index is 0.483. The van der Waals surface area contributed by atoms with Crippen molar-refractivity contribution >= 4 is 70.5 Å². The van der Waals surface area contributed by atoms with Crippen LogP contribution in [0.3, 0.4) is 0 Å². The molecule has 0 amide bonds. The van der Waals surface area contributed by atoms with E-state index in [2.05, 4.69) is 278 Å². The van der Waals surface area contributed by atoms with Gasteiger partial charge in [0.2, 0.25) is 0 Å². The molecule has 0 unspecified atom stereocenters. The van der Waals surface area contributed by atoms with E-state index in [0.29, 0.717) is 0 Å². The number of rotatable bonds is 9. The Morgan fingerprint density at radius 1 is 0.289 bits per heavy atom. The van der Waals surface area contributed by atoms with Crippen LogP contribution in [0.1, 0.15) is 22.3 Å². The number of nitrogens with zero attached hydrogens (tertiary/aromatic N) is 1. The SMILES string of the molecule is c1ccc(C2(c3ccccc3)c3ccccc3-c3cc(N(c4ccc(-c5cccc(-c6ccc7sc8ccccc8c7c6)c5)cc4)c4ccc(-c5cccc(-c6cccc7c6oc6ccccc67)c5)cc4)ccc32)cc1. The maximum absolute atomic E-state index is 6.49. The highest BCUT2D eigenvalue weighted by atomic mass is 32.1. The van der Waals surface area contributed by atoms with Gasteiger partial charge in [0.15, 0.2) is 0 Å². The third kappa shape index (κ3) is 7.08. The quantitative estimate of drug-likeness (QED) is 0.143. The Labute approximate surface area is 445 Å². The van der Waals surface area contributed by atoms with E-state index in [4.69, 9.17) is 4.42 Å². The Morgan fingerprint density at radius 2 is 0.789 bits per heavy atom. The molecule has 2 aromatic heterocycles. The van der Waals surface area contributed by atoms with Gasteiger partial charge in [0.1, 0.15) is 11.2 Å². The molecule has 0 bridgehead atoms. The summed E-state index contributed by atoms with van der Waals surface area (Å²) in [5, 5.41) is 4.89. The summed E-state index contributed by atoms with van der Waals surface area (Å²) in [6, 6.07) is 105. The van der Waals surface area contributed by atoms with E-state index in [1.807, 2.05) is 23.5 Å². The molecular weight excluding hydrogens is 939 g/mol. The number of hydrogen-bond acceptors (Lipinski definition) is 3. The summed E-state index contributed by atoms with van der Waals surface area (Å²) in [6.07, 6.45) is 0. The molecule has 0 N–H and O–H groups in total. The summed E-state index contributed by atoms with van der Waals surface area (Å²) >= 11 is 1.86. The van der Waals surface area contributed by atoms with Crippen LogP contribution in [0.15, 0.2) is 290 Å². The summed E-state index contributed by atoms with van der Waals surface area (Å²) in [5.74, 6) is 0. The molecule has 76 heavy (non-hydrogen) atoms. The van der Waals surface area contributed by atoms with E-state index >= 15 is 0 Å². The topological polar surface area (TPSA) is 16.4 Å². The van der Waals surface area contributed by atoms with Crippen LogP contribution in [-0.4, -0.2) is 0 Å². The molecule has 12 aromatic carbocycles. The second-order valence-electron chi connectivity index (χ2n) is 19.9. The first-order valence-corrected chi connectivity index (χ1v) is 26.9. The van der Waals surface area contributed by atoms with Crippen LogP contribution >= 0.6 is 11.3 Å². The highest BCUT2D eigenvalue weighted by Gasteiger charge is 2.46. The van der Waals surface area contributed by atoms with Crippen LogP contribution in [-0.2, 0) is 5.41 Å². The summed E-state index contributed by atoms with van der Waals surface area (Å²) in [4.78, 5) is 2.41. The normalized spacial score (nSPS) is 12.6. The van der Waals surface area contributed by atoms with Crippen LogP contribution in [0.25, 0.3) is 97.7 Å². The molecule has 356 valence electrons. The van der Waals surface area contributed by atoms with Crippen molar-refractivity contribution in [3.63, 3.8) is 0 Å². The first kappa shape index (κ1) is 44.0. The lowest BCUT2D eigenvalue weighted by atomic mass is 9.68. The molecule has 0 aliphatic heterocycles. The lowest BCUT2D eigenvalue weighted by Gasteiger charge is -2.34. The molecular formula is C73H47NOS. The van der Waals surface area contributed by atoms with Gasteiger partial charge in [-0.25, -0.2) is 0 Å². The Balaban J connectivity index is 0.837. The zero-order valence-electron chi connectivity index (χ0n) is 41.4. The van der Waals surface area contributed by atoms with E-state index in [1.54, 1.807) is 0 Å². The second kappa shape index (κ2) is 17.8. The summed E-state index contributed by atoms with van der Waals surface area (Å²) in [6.45, 7) is 0. The number of thiophene rings is 1. The molecule has 0 fully saturated rings. The minimum atomic E-state index is -0.483. The van der Waals surface area contributed by atoms with Gasteiger partial charge in [-0.1, -0.05) is 212 Å². The van der Waals surface area contributed by atoms with Gasteiger partial charge in [0.05, 0.1) is 5.41 Å². The lowest BCUT2D eigenvalue weighted by molar-refractivity contribution is 0.670. The monoisotopic (exact) mass is 985 g/mol. The van der Waals surface area contributed by atoms with E-state index in [9.17, 15) is 0 Å². The fraction of sp³-hybridized carbons (Fsp3) is 0.0137. The minimum Gasteiger partial charge on any atom is -0.455 e. The average Bonchev–Trinajstić information content (AvgIpc) is 4.22. The van der Waals surface area contributed by atoms with Crippen molar-refractivity contribution in [1.29, 1.82) is 0 Å². The van der Waals surface area contributed by atoms with Gasteiger partial charge in [-0.05, 0) is 145 Å². The molecule has 0 saturated carbocycles. The molecule has 1 aliphatic rings. The molecule has 0 radical (unpaired) electrons. The standard InChI is InChI=1S/C73H47NOS/c1-3-20-55(21-4-1)73(56-22-5-2-6-23-56)67-29-10-7-24-61(67)65-47-59(41-42-68(65)73)74(57-37-32-48(33-38-57)50-16-13-18-52(44-50)53-36-43-71-66(46-53)63-26-9-12-31-70(63)76-71)58-39-34-49(35-40-58)51-17-14-19-54(45-51)60-27-15-28-64-62-25-8-11-30-69(62)75-72(60)64/h1-47H. The number of anilines is 3. The smallest absolute Gasteiger partial charge is 0.143 e. The van der Waals surface area contributed by atoms with E-state index in [1.165, 1.54) is 75.8 Å². The van der Waals surface area contributed by atoms with Gasteiger partial charge >= 0.3 is 0 Å². The zero-order valence-corrected chi connectivity index (χ0v) is 42.2. The maximum atomic E-state index is 6.49. The molecule has 2 heterocycles. The van der Waals surface area contributed by atoms with Crippen molar-refractivity contribution in [2.24, 2.45) is 0 Å². The first-order chi connectivity index (χ1) is 37.7. The number of furan rings is 1. The van der Waals surface area contributed by atoms with Gasteiger partial charge in [-0.15, -0.1) is 11.3 Å². The molecule has 0 atom stereocenters. The van der Waals surface area contributed by atoms with Crippen molar-refractivity contribution in [2.45, 2.75) is 5.41 Å². The first-order valence-electron chi connectivity index (χ1n) is 26.0. The molecule has 14 aromatic rings. The number of fused-ring (bicyclic) bond motifs is 9. The van der Waals surface area contributed by atoms with Crippen LogP contribution in [0.5, 0.6) is 0 Å². The molecule has 15 rings (SSSR count). The molecule has 1 aliphatic carbocycles. The summed E-state index contributed by atoms with van der Waals surface area (Å²) in [7, 11) is 0. The van der Waals surface area contributed by atoms with Crippen molar-refractivity contribution in [3.05, 3.63) is 307 Å². The average molecular weight is 986 g/mol. The van der Waals surface area contributed by atoms with E-state index in [0.717, 1.165) is 61.3 Å². The Morgan fingerprint density at radius 3 is 1.51 bits per heavy atom. The fourth-order valence-electron chi connectivity index (χ4n) is 12.3. The van der Waals surface area contributed by atoms with Crippen molar-refractivity contribution in [3.8, 4) is 55.6 Å². The second-order valence-corrected chi connectivity index (χ2v) is 21.0. The largest absolute Gasteiger partial charge is 0.455 e. The fourth-order valence-corrected chi connectivity index (χ4v) is 13.3. The summed E-state index contributed by atoms with van der Waals surface area (Å²) < 4.78 is 9.13. The van der Waals surface area contributed by atoms with Crippen LogP contribution < -0.4 is 4.90 Å². The number of hydrogen-bond donors (Lipinski definition) is 0. The summed E-state index contributed by atoms with van der Waals surface area (Å²) in [5.41, 5.74) is 21.4. The Hall–Kier alpha value is -9.54. The maximum Gasteiger partial charge on any atom is 0.143 e. The lowest BCUT2D eigenvalue weighted by Crippen LogP contribution is -2.28. The van der Waals surface area contributed by atoms with Crippen LogP contribution in [0.4, 0.5) is 17.1 Å². The predicted molar refractivity (Wildman–Crippen MR) is 320 cm³/mol. The number of benzene rings is 12. The van der Waals surface area contributed by atoms with Gasteiger partial charge < -0.3 is 9.32 Å². The van der Waals surface area contributed by atoms with Crippen LogP contribution in [0, 0.1) is 0 Å². The van der Waals surface area contributed by atoms with Crippen LogP contribution in [0.2, 0.25) is 0 Å². The number of para-hydroxylation sites is 2. The van der Waals surface area contributed by atoms with E-state index < -0.39 is 5.41 Å². The van der Waals surface area contributed by atoms with Gasteiger partial charge in [-0.3, -0.25) is 0 Å². The van der Waals surface area contributed by atoms with Crippen molar-refractivity contribution in [1.82, 2.24) is 0 Å². The Kier molecular flexibility index (Phi) is 10.3. The van der Waals surface area contributed by atoms with Crippen molar-refractivity contribution in [2.75, 3.05) is 4.90 Å². The van der Waals surface area contributed by atoms with Crippen molar-refractivity contribution < 1.29 is 4.42 Å². The van der Waals surface area contributed by atoms with E-state index in [-0.39, 0.29) is 0 Å². The van der Waals surface area contributed by atoms with Gasteiger partial charge in [0, 0.05) is 53.6 Å². The Bertz CT molecular complexity index is 4470. The third-order valence-corrected chi connectivity index (χ3v) is 16.9. The highest BCUT2D eigenvalue weighted by molar-refractivity contribution is 7.25. The predicted octanol–water partition coefficient (Wildman–Crippen LogP) is 20.5. The highest BCUT2D eigenvalue weighted by Crippen LogP contribution is 2.57. The molecule has 2 nitrogen and oxygen atoms in total. The molecule has 3 heteroatoms. The van der Waals surface area contributed by atoms with Gasteiger partial charge in [0.25, 0.3) is 0 Å².